The molecule has 0 heterocycles. The molecule has 0 saturated heterocycles. The first-order valence-electron chi connectivity index (χ1n) is 5.68. The Kier molecular flexibility index (Phi) is 4.84. The van der Waals surface area contributed by atoms with Crippen molar-refractivity contribution in [2.45, 2.75) is 31.6 Å². The maximum atomic E-state index is 13.0. The third-order valence-corrected chi connectivity index (χ3v) is 3.54. The van der Waals surface area contributed by atoms with Crippen molar-refractivity contribution in [3.8, 4) is 0 Å². The first-order valence-corrected chi connectivity index (χ1v) is 7.06. The predicted molar refractivity (Wildman–Crippen MR) is 67.4 cm³/mol. The number of amides is 1. The molecule has 0 aromatic heterocycles. The Balaban J connectivity index is 2.89. The molecule has 0 bridgehead atoms. The summed E-state index contributed by atoms with van der Waals surface area (Å²) in [4.78, 5) is 11.1. The van der Waals surface area contributed by atoms with Crippen LogP contribution in [0.5, 0.6) is 0 Å². The van der Waals surface area contributed by atoms with Crippen LogP contribution in [0, 0.1) is 5.92 Å². The standard InChI is InChI=1S/C12H16FNO3S/c1-3-9(2)8-12(15)14-10-6-4-5-7-11(10)18(13,16)17/h4-7,9H,3,8H2,1-2H3,(H,14,15). The van der Waals surface area contributed by atoms with Crippen molar-refractivity contribution in [2.24, 2.45) is 5.92 Å². The zero-order valence-corrected chi connectivity index (χ0v) is 11.1. The number of anilines is 1. The van der Waals surface area contributed by atoms with Gasteiger partial charge in [0.05, 0.1) is 5.69 Å². The van der Waals surface area contributed by atoms with Crippen LogP contribution in [0.3, 0.4) is 0 Å². The van der Waals surface area contributed by atoms with Gasteiger partial charge in [-0.1, -0.05) is 32.4 Å². The van der Waals surface area contributed by atoms with Gasteiger partial charge in [0.25, 0.3) is 0 Å². The van der Waals surface area contributed by atoms with Crippen LogP contribution in [-0.2, 0) is 15.0 Å². The summed E-state index contributed by atoms with van der Waals surface area (Å²) in [5.74, 6) is -0.125. The number of carbonyl (C=O) groups excluding carboxylic acids is 1. The monoisotopic (exact) mass is 273 g/mol. The second kappa shape index (κ2) is 5.95. The van der Waals surface area contributed by atoms with Crippen molar-refractivity contribution in [1.82, 2.24) is 0 Å². The third-order valence-electron chi connectivity index (χ3n) is 2.65. The highest BCUT2D eigenvalue weighted by molar-refractivity contribution is 7.86. The zero-order valence-electron chi connectivity index (χ0n) is 10.3. The van der Waals surface area contributed by atoms with Gasteiger partial charge in [-0.25, -0.2) is 0 Å². The number of benzene rings is 1. The topological polar surface area (TPSA) is 63.2 Å². The highest BCUT2D eigenvalue weighted by atomic mass is 32.3. The molecule has 6 heteroatoms. The van der Waals surface area contributed by atoms with Crippen molar-refractivity contribution in [2.75, 3.05) is 5.32 Å². The van der Waals surface area contributed by atoms with Crippen LogP contribution in [0.1, 0.15) is 26.7 Å². The Hall–Kier alpha value is -1.43. The van der Waals surface area contributed by atoms with Crippen LogP contribution in [0.15, 0.2) is 29.2 Å². The van der Waals surface area contributed by atoms with Crippen molar-refractivity contribution < 1.29 is 17.1 Å². The van der Waals surface area contributed by atoms with Crippen molar-refractivity contribution in [3.63, 3.8) is 0 Å². The Labute approximate surface area is 106 Å². The highest BCUT2D eigenvalue weighted by Crippen LogP contribution is 2.23. The molecule has 1 amide bonds. The number of carbonyl (C=O) groups is 1. The lowest BCUT2D eigenvalue weighted by atomic mass is 10.1. The lowest BCUT2D eigenvalue weighted by Gasteiger charge is -2.10. The van der Waals surface area contributed by atoms with Gasteiger partial charge in [-0.05, 0) is 18.1 Å². The summed E-state index contributed by atoms with van der Waals surface area (Å²) >= 11 is 0. The molecule has 0 aliphatic rings. The van der Waals surface area contributed by atoms with Crippen molar-refractivity contribution in [1.29, 1.82) is 0 Å². The van der Waals surface area contributed by atoms with E-state index in [1.807, 2.05) is 13.8 Å². The molecule has 0 fully saturated rings. The van der Waals surface area contributed by atoms with E-state index in [0.29, 0.717) is 0 Å². The van der Waals surface area contributed by atoms with Gasteiger partial charge >= 0.3 is 10.2 Å². The Morgan fingerprint density at radius 2 is 2.00 bits per heavy atom. The summed E-state index contributed by atoms with van der Waals surface area (Å²) in [5.41, 5.74) is -0.0201. The van der Waals surface area contributed by atoms with E-state index in [1.54, 1.807) is 0 Å². The van der Waals surface area contributed by atoms with Gasteiger partial charge < -0.3 is 5.32 Å². The highest BCUT2D eigenvalue weighted by Gasteiger charge is 2.18. The minimum atomic E-state index is -4.83. The van der Waals surface area contributed by atoms with Gasteiger partial charge in [-0.2, -0.15) is 8.42 Å². The van der Waals surface area contributed by atoms with Gasteiger partial charge in [0, 0.05) is 6.42 Å². The molecule has 0 aliphatic carbocycles. The number of hydrogen-bond acceptors (Lipinski definition) is 3. The molecular formula is C12H16FNO3S. The molecule has 1 unspecified atom stereocenters. The lowest BCUT2D eigenvalue weighted by Crippen LogP contribution is -2.16. The van der Waals surface area contributed by atoms with Crippen LogP contribution in [0.2, 0.25) is 0 Å². The first-order chi connectivity index (χ1) is 8.34. The average molecular weight is 273 g/mol. The minimum absolute atomic E-state index is 0.0201. The summed E-state index contributed by atoms with van der Waals surface area (Å²) < 4.78 is 34.8. The van der Waals surface area contributed by atoms with Gasteiger partial charge in [-0.15, -0.1) is 3.89 Å². The van der Waals surface area contributed by atoms with E-state index in [0.717, 1.165) is 12.5 Å². The number of halogens is 1. The third kappa shape index (κ3) is 4.10. The maximum absolute atomic E-state index is 13.0. The largest absolute Gasteiger partial charge is 0.334 e. The van der Waals surface area contributed by atoms with Crippen LogP contribution in [0.4, 0.5) is 9.57 Å². The predicted octanol–water partition coefficient (Wildman–Crippen LogP) is 2.72. The number of hydrogen-bond donors (Lipinski definition) is 1. The summed E-state index contributed by atoms with van der Waals surface area (Å²) in [5, 5.41) is 2.42. The van der Waals surface area contributed by atoms with E-state index < -0.39 is 15.1 Å². The second-order valence-corrected chi connectivity index (χ2v) is 5.52. The molecule has 1 aromatic carbocycles. The summed E-state index contributed by atoms with van der Waals surface area (Å²) in [6.45, 7) is 3.87. The van der Waals surface area contributed by atoms with Crippen molar-refractivity contribution in [3.05, 3.63) is 24.3 Å². The Bertz CT molecular complexity index is 528. The first kappa shape index (κ1) is 14.6. The molecular weight excluding hydrogens is 257 g/mol. The maximum Gasteiger partial charge on any atom is 0.334 e. The fourth-order valence-electron chi connectivity index (χ4n) is 1.44. The molecule has 0 radical (unpaired) electrons. The molecule has 1 atom stereocenters. The van der Waals surface area contributed by atoms with Crippen molar-refractivity contribution >= 4 is 21.8 Å². The minimum Gasteiger partial charge on any atom is -0.325 e. The SMILES string of the molecule is CCC(C)CC(=O)Nc1ccccc1S(=O)(=O)F. The lowest BCUT2D eigenvalue weighted by molar-refractivity contribution is -0.117. The number of para-hydroxylation sites is 1. The molecule has 1 N–H and O–H groups in total. The van der Waals surface area contributed by atoms with Gasteiger partial charge in [0.2, 0.25) is 5.91 Å². The van der Waals surface area contributed by atoms with Gasteiger partial charge in [-0.3, -0.25) is 4.79 Å². The second-order valence-electron chi connectivity index (χ2n) is 4.20. The van der Waals surface area contributed by atoms with Crippen LogP contribution < -0.4 is 5.32 Å². The van der Waals surface area contributed by atoms with E-state index in [1.165, 1.54) is 18.2 Å². The van der Waals surface area contributed by atoms with E-state index in [2.05, 4.69) is 5.32 Å². The quantitative estimate of drug-likeness (QED) is 0.839. The number of nitrogens with one attached hydrogen (secondary N) is 1. The average Bonchev–Trinajstić information content (AvgIpc) is 2.27. The van der Waals surface area contributed by atoms with Crippen LogP contribution in [0.25, 0.3) is 0 Å². The molecule has 100 valence electrons. The van der Waals surface area contributed by atoms with E-state index in [4.69, 9.17) is 0 Å². The fourth-order valence-corrected chi connectivity index (χ4v) is 2.07. The van der Waals surface area contributed by atoms with Crippen LogP contribution >= 0.6 is 0 Å². The summed E-state index contributed by atoms with van der Waals surface area (Å²) in [6.07, 6.45) is 1.12. The Morgan fingerprint density at radius 3 is 2.56 bits per heavy atom. The van der Waals surface area contributed by atoms with E-state index in [9.17, 15) is 17.1 Å². The van der Waals surface area contributed by atoms with E-state index in [-0.39, 0.29) is 23.9 Å². The van der Waals surface area contributed by atoms with Gasteiger partial charge in [0.15, 0.2) is 0 Å². The Morgan fingerprint density at radius 1 is 1.39 bits per heavy atom. The van der Waals surface area contributed by atoms with Crippen LogP contribution in [-0.4, -0.2) is 14.3 Å². The molecule has 0 spiro atoms. The molecule has 0 saturated carbocycles. The fraction of sp³-hybridized carbons (Fsp3) is 0.417. The van der Waals surface area contributed by atoms with Gasteiger partial charge in [0.1, 0.15) is 4.90 Å². The normalized spacial score (nSPS) is 13.1. The molecule has 4 nitrogen and oxygen atoms in total. The summed E-state index contributed by atoms with van der Waals surface area (Å²) in [7, 11) is -4.83. The zero-order chi connectivity index (χ0) is 13.8. The molecule has 1 rings (SSSR count). The van der Waals surface area contributed by atoms with E-state index >= 15 is 0 Å². The summed E-state index contributed by atoms with van der Waals surface area (Å²) in [6, 6.07) is 5.42. The molecule has 0 aliphatic heterocycles. The molecule has 1 aromatic rings. The number of rotatable bonds is 5. The molecule has 18 heavy (non-hydrogen) atoms. The smallest absolute Gasteiger partial charge is 0.325 e.